The number of nitrogens with one attached hydrogen (secondary N) is 1. The van der Waals surface area contributed by atoms with Crippen LogP contribution in [0.25, 0.3) is 0 Å². The minimum atomic E-state index is -1.57. The quantitative estimate of drug-likeness (QED) is 0.474. The predicted octanol–water partition coefficient (Wildman–Crippen LogP) is 4.34. The van der Waals surface area contributed by atoms with Gasteiger partial charge < -0.3 is 10.2 Å². The summed E-state index contributed by atoms with van der Waals surface area (Å²) >= 11 is 0. The third kappa shape index (κ3) is 4.25. The predicted molar refractivity (Wildman–Crippen MR) is 130 cm³/mol. The zero-order chi connectivity index (χ0) is 23.5. The van der Waals surface area contributed by atoms with Crippen LogP contribution in [-0.4, -0.2) is 21.0 Å². The SMILES string of the molecule is O=C(NCc1ccccn1)c1ccc2c(c1)N(Cc1ccccc1)C(=O)c1ccccc1S2=O. The summed E-state index contributed by atoms with van der Waals surface area (Å²) in [4.78, 5) is 33.3. The van der Waals surface area contributed by atoms with E-state index in [9.17, 15) is 13.8 Å². The zero-order valence-electron chi connectivity index (χ0n) is 18.2. The first kappa shape index (κ1) is 21.7. The fraction of sp³-hybridized carbons (Fsp3) is 0.0741. The molecule has 2 amide bonds. The molecule has 5 rings (SSSR count). The number of amides is 2. The molecule has 0 saturated carbocycles. The summed E-state index contributed by atoms with van der Waals surface area (Å²) in [5.41, 5.74) is 2.91. The number of rotatable bonds is 5. The lowest BCUT2D eigenvalue weighted by atomic mass is 10.1. The molecule has 0 aliphatic carbocycles. The fourth-order valence-corrected chi connectivity index (χ4v) is 5.25. The summed E-state index contributed by atoms with van der Waals surface area (Å²) in [7, 11) is -1.57. The van der Waals surface area contributed by atoms with E-state index in [-0.39, 0.29) is 24.9 Å². The van der Waals surface area contributed by atoms with E-state index < -0.39 is 10.8 Å². The van der Waals surface area contributed by atoms with Gasteiger partial charge in [-0.2, -0.15) is 0 Å². The zero-order valence-corrected chi connectivity index (χ0v) is 19.0. The number of nitrogens with zero attached hydrogens (tertiary/aromatic N) is 2. The van der Waals surface area contributed by atoms with Crippen molar-refractivity contribution in [2.24, 2.45) is 0 Å². The van der Waals surface area contributed by atoms with Crippen molar-refractivity contribution >= 4 is 28.3 Å². The number of benzene rings is 3. The highest BCUT2D eigenvalue weighted by atomic mass is 32.2. The van der Waals surface area contributed by atoms with Crippen molar-refractivity contribution in [3.05, 3.63) is 120 Å². The summed E-state index contributed by atoms with van der Waals surface area (Å²) in [5, 5.41) is 2.86. The van der Waals surface area contributed by atoms with Gasteiger partial charge in [-0.1, -0.05) is 48.5 Å². The minimum absolute atomic E-state index is 0.252. The Kier molecular flexibility index (Phi) is 6.01. The second-order valence-corrected chi connectivity index (χ2v) is 9.25. The Bertz CT molecular complexity index is 1390. The van der Waals surface area contributed by atoms with Gasteiger partial charge >= 0.3 is 0 Å². The molecule has 3 aromatic carbocycles. The molecule has 0 spiro atoms. The Hall–Kier alpha value is -4.10. The third-order valence-corrected chi connectivity index (χ3v) is 7.11. The molecule has 7 heteroatoms. The van der Waals surface area contributed by atoms with Crippen molar-refractivity contribution in [1.29, 1.82) is 0 Å². The number of carbonyl (C=O) groups is 2. The maximum Gasteiger partial charge on any atom is 0.259 e. The smallest absolute Gasteiger partial charge is 0.259 e. The summed E-state index contributed by atoms with van der Waals surface area (Å²) in [6.45, 7) is 0.567. The topological polar surface area (TPSA) is 79.4 Å². The number of hydrogen-bond acceptors (Lipinski definition) is 4. The number of hydrogen-bond donors (Lipinski definition) is 1. The Labute approximate surface area is 199 Å². The highest BCUT2D eigenvalue weighted by Gasteiger charge is 2.31. The average Bonchev–Trinajstić information content (AvgIpc) is 2.98. The maximum atomic E-state index is 13.6. The van der Waals surface area contributed by atoms with Gasteiger partial charge in [0.2, 0.25) is 0 Å². The number of pyridine rings is 1. The molecule has 1 aliphatic rings. The first-order valence-electron chi connectivity index (χ1n) is 10.8. The van der Waals surface area contributed by atoms with Crippen molar-refractivity contribution < 1.29 is 13.8 Å². The van der Waals surface area contributed by atoms with Gasteiger partial charge in [0.25, 0.3) is 11.8 Å². The standard InChI is InChI=1S/C27H21N3O3S/c31-26(29-17-21-10-6-7-15-28-21)20-13-14-25-23(16-20)30(18-19-8-2-1-3-9-19)27(32)22-11-4-5-12-24(22)34(25)33/h1-16H,17-18H2,(H,29,31). The second-order valence-electron chi connectivity index (χ2n) is 7.83. The maximum absolute atomic E-state index is 13.6. The first-order chi connectivity index (χ1) is 16.6. The van der Waals surface area contributed by atoms with E-state index in [0.717, 1.165) is 11.3 Å². The van der Waals surface area contributed by atoms with E-state index in [1.807, 2.05) is 48.5 Å². The molecule has 1 aromatic heterocycles. The molecular formula is C27H21N3O3S. The van der Waals surface area contributed by atoms with Crippen LogP contribution >= 0.6 is 0 Å². The molecule has 1 unspecified atom stereocenters. The first-order valence-corrected chi connectivity index (χ1v) is 12.0. The minimum Gasteiger partial charge on any atom is -0.346 e. The Morgan fingerprint density at radius 3 is 2.44 bits per heavy atom. The number of aromatic nitrogens is 1. The number of carbonyl (C=O) groups excluding carboxylic acids is 2. The van der Waals surface area contributed by atoms with E-state index in [2.05, 4.69) is 10.3 Å². The van der Waals surface area contributed by atoms with Crippen LogP contribution in [0.15, 0.2) is 107 Å². The highest BCUT2D eigenvalue weighted by Crippen LogP contribution is 2.36. The molecular weight excluding hydrogens is 446 g/mol. The van der Waals surface area contributed by atoms with E-state index in [0.29, 0.717) is 26.6 Å². The van der Waals surface area contributed by atoms with Crippen molar-refractivity contribution in [2.75, 3.05) is 4.90 Å². The molecule has 1 aliphatic heterocycles. The van der Waals surface area contributed by atoms with Gasteiger partial charge in [0.05, 0.1) is 50.6 Å². The van der Waals surface area contributed by atoms with Crippen LogP contribution in [0.5, 0.6) is 0 Å². The van der Waals surface area contributed by atoms with E-state index in [4.69, 9.17) is 0 Å². The molecule has 4 aromatic rings. The van der Waals surface area contributed by atoms with E-state index in [1.165, 1.54) is 0 Å². The largest absolute Gasteiger partial charge is 0.346 e. The molecule has 1 N–H and O–H groups in total. The Morgan fingerprint density at radius 1 is 0.882 bits per heavy atom. The third-order valence-electron chi connectivity index (χ3n) is 5.61. The highest BCUT2D eigenvalue weighted by molar-refractivity contribution is 7.85. The lowest BCUT2D eigenvalue weighted by molar-refractivity contribution is 0.0947. The second kappa shape index (κ2) is 9.41. The van der Waals surface area contributed by atoms with Crippen LogP contribution in [0.1, 0.15) is 32.0 Å². The van der Waals surface area contributed by atoms with E-state index in [1.54, 1.807) is 53.6 Å². The summed E-state index contributed by atoms with van der Waals surface area (Å²) in [5.74, 6) is -0.550. The number of fused-ring (bicyclic) bond motifs is 2. The fourth-order valence-electron chi connectivity index (χ4n) is 3.90. The molecule has 0 radical (unpaired) electrons. The van der Waals surface area contributed by atoms with Gasteiger partial charge in [-0.05, 0) is 48.0 Å². The Morgan fingerprint density at radius 2 is 1.65 bits per heavy atom. The molecule has 168 valence electrons. The van der Waals surface area contributed by atoms with Crippen LogP contribution in [0.2, 0.25) is 0 Å². The van der Waals surface area contributed by atoms with Crippen molar-refractivity contribution in [2.45, 2.75) is 22.9 Å². The van der Waals surface area contributed by atoms with Gasteiger partial charge in [0.1, 0.15) is 0 Å². The Balaban J connectivity index is 1.54. The lowest BCUT2D eigenvalue weighted by Gasteiger charge is -2.23. The van der Waals surface area contributed by atoms with Crippen LogP contribution < -0.4 is 10.2 Å². The molecule has 0 saturated heterocycles. The molecule has 0 fully saturated rings. The molecule has 34 heavy (non-hydrogen) atoms. The molecule has 2 heterocycles. The van der Waals surface area contributed by atoms with Gasteiger partial charge in [0.15, 0.2) is 0 Å². The van der Waals surface area contributed by atoms with Crippen LogP contribution in [-0.2, 0) is 23.9 Å². The van der Waals surface area contributed by atoms with Gasteiger partial charge in [-0.25, -0.2) is 4.21 Å². The summed E-state index contributed by atoms with van der Waals surface area (Å²) < 4.78 is 13.5. The van der Waals surface area contributed by atoms with Gasteiger partial charge in [0, 0.05) is 11.8 Å². The lowest BCUT2D eigenvalue weighted by Crippen LogP contribution is -2.31. The van der Waals surface area contributed by atoms with Crippen LogP contribution in [0.4, 0.5) is 5.69 Å². The summed E-state index contributed by atoms with van der Waals surface area (Å²) in [6.07, 6.45) is 1.67. The van der Waals surface area contributed by atoms with Crippen molar-refractivity contribution in [3.8, 4) is 0 Å². The summed E-state index contributed by atoms with van der Waals surface area (Å²) in [6, 6.07) is 27.0. The van der Waals surface area contributed by atoms with E-state index >= 15 is 0 Å². The van der Waals surface area contributed by atoms with Gasteiger partial charge in [-0.3, -0.25) is 14.6 Å². The van der Waals surface area contributed by atoms with Gasteiger partial charge in [-0.15, -0.1) is 0 Å². The normalized spacial score (nSPS) is 14.6. The molecule has 0 bridgehead atoms. The molecule has 1 atom stereocenters. The van der Waals surface area contributed by atoms with Crippen LogP contribution in [0.3, 0.4) is 0 Å². The van der Waals surface area contributed by atoms with Crippen molar-refractivity contribution in [3.63, 3.8) is 0 Å². The monoisotopic (exact) mass is 467 g/mol. The van der Waals surface area contributed by atoms with Crippen LogP contribution in [0, 0.1) is 0 Å². The number of anilines is 1. The average molecular weight is 468 g/mol. The molecule has 6 nitrogen and oxygen atoms in total. The van der Waals surface area contributed by atoms with Crippen molar-refractivity contribution in [1.82, 2.24) is 10.3 Å².